The number of hydrogen-bond donors (Lipinski definition) is 2. The van der Waals surface area contributed by atoms with Gasteiger partial charge in [-0.05, 0) is 50.9 Å². The van der Waals surface area contributed by atoms with Crippen LogP contribution in [0, 0.1) is 0 Å². The lowest BCUT2D eigenvalue weighted by molar-refractivity contribution is 0.00774. The molecule has 0 saturated carbocycles. The summed E-state index contributed by atoms with van der Waals surface area (Å²) in [4.78, 5) is 0. The van der Waals surface area contributed by atoms with Crippen molar-refractivity contribution in [2.45, 2.75) is 52.2 Å². The van der Waals surface area contributed by atoms with Crippen LogP contribution in [0.3, 0.4) is 0 Å². The molecule has 1 rings (SSSR count). The van der Waals surface area contributed by atoms with E-state index in [1.54, 1.807) is 14.0 Å². The Hall–Kier alpha value is -1.26. The van der Waals surface area contributed by atoms with Gasteiger partial charge in [-0.3, -0.25) is 0 Å². The molecule has 0 spiro atoms. The summed E-state index contributed by atoms with van der Waals surface area (Å²) in [7, 11) is 1.63. The average molecular weight is 295 g/mol. The van der Waals surface area contributed by atoms with E-state index in [1.165, 1.54) is 0 Å². The topological polar surface area (TPSA) is 50.7 Å². The van der Waals surface area contributed by atoms with Crippen molar-refractivity contribution >= 4 is 0 Å². The van der Waals surface area contributed by atoms with Crippen molar-refractivity contribution in [3.05, 3.63) is 23.8 Å². The molecule has 120 valence electrons. The van der Waals surface area contributed by atoms with Crippen LogP contribution in [0.5, 0.6) is 11.5 Å². The lowest BCUT2D eigenvalue weighted by Crippen LogP contribution is -2.31. The molecular weight excluding hydrogens is 266 g/mol. The maximum atomic E-state index is 10.0. The normalized spacial score (nSPS) is 15.3. The number of rotatable bonds is 9. The molecular formula is C17H29NO3. The molecule has 0 saturated heterocycles. The van der Waals surface area contributed by atoms with Crippen molar-refractivity contribution in [3.8, 4) is 11.5 Å². The summed E-state index contributed by atoms with van der Waals surface area (Å²) in [5.74, 6) is 1.36. The molecule has 1 aromatic rings. The third-order valence-electron chi connectivity index (χ3n) is 3.69. The molecule has 2 unspecified atom stereocenters. The molecule has 2 N–H and O–H groups in total. The van der Waals surface area contributed by atoms with Gasteiger partial charge >= 0.3 is 0 Å². The second kappa shape index (κ2) is 8.25. The minimum Gasteiger partial charge on any atom is -0.493 e. The Morgan fingerprint density at radius 2 is 2.00 bits per heavy atom. The van der Waals surface area contributed by atoms with Gasteiger partial charge in [0, 0.05) is 6.04 Å². The minimum atomic E-state index is -0.820. The highest BCUT2D eigenvalue weighted by Gasteiger charge is 2.19. The number of benzene rings is 1. The molecule has 0 radical (unpaired) electrons. The van der Waals surface area contributed by atoms with Gasteiger partial charge < -0.3 is 19.9 Å². The number of aliphatic hydroxyl groups is 1. The van der Waals surface area contributed by atoms with Crippen molar-refractivity contribution in [3.63, 3.8) is 0 Å². The molecule has 0 aliphatic rings. The van der Waals surface area contributed by atoms with Crippen LogP contribution in [0.1, 0.15) is 52.1 Å². The maximum Gasteiger partial charge on any atom is 0.161 e. The third kappa shape index (κ3) is 5.56. The second-order valence-corrected chi connectivity index (χ2v) is 5.73. The van der Waals surface area contributed by atoms with E-state index in [2.05, 4.69) is 19.2 Å². The number of nitrogens with one attached hydrogen (secondary N) is 1. The van der Waals surface area contributed by atoms with E-state index in [4.69, 9.17) is 9.47 Å². The lowest BCUT2D eigenvalue weighted by Gasteiger charge is -2.23. The van der Waals surface area contributed by atoms with Crippen molar-refractivity contribution < 1.29 is 14.6 Å². The summed E-state index contributed by atoms with van der Waals surface area (Å²) in [5, 5.41) is 13.5. The minimum absolute atomic E-state index is 0.253. The largest absolute Gasteiger partial charge is 0.493 e. The summed E-state index contributed by atoms with van der Waals surface area (Å²) in [5.41, 5.74) is 0.342. The first-order valence-electron chi connectivity index (χ1n) is 7.70. The molecule has 0 amide bonds. The van der Waals surface area contributed by atoms with Crippen LogP contribution >= 0.6 is 0 Å². The van der Waals surface area contributed by atoms with Crippen molar-refractivity contribution in [1.29, 1.82) is 0 Å². The van der Waals surface area contributed by atoms with E-state index in [0.717, 1.165) is 18.5 Å². The van der Waals surface area contributed by atoms with Gasteiger partial charge in [0.2, 0.25) is 0 Å². The first kappa shape index (κ1) is 17.8. The van der Waals surface area contributed by atoms with E-state index in [1.807, 2.05) is 25.1 Å². The van der Waals surface area contributed by atoms with Crippen LogP contribution in [-0.4, -0.2) is 31.0 Å². The van der Waals surface area contributed by atoms with E-state index < -0.39 is 5.60 Å². The van der Waals surface area contributed by atoms with E-state index in [0.29, 0.717) is 17.9 Å². The van der Waals surface area contributed by atoms with Crippen LogP contribution in [-0.2, 0) is 0 Å². The molecule has 0 aromatic heterocycles. The zero-order valence-electron chi connectivity index (χ0n) is 13.9. The molecule has 0 aliphatic heterocycles. The van der Waals surface area contributed by atoms with Gasteiger partial charge in [0.05, 0.1) is 12.7 Å². The van der Waals surface area contributed by atoms with Crippen molar-refractivity contribution in [2.24, 2.45) is 0 Å². The molecule has 2 atom stereocenters. The molecule has 21 heavy (non-hydrogen) atoms. The summed E-state index contributed by atoms with van der Waals surface area (Å²) >= 11 is 0. The number of methoxy groups -OCH3 is 1. The first-order chi connectivity index (χ1) is 9.93. The SMILES string of the molecule is CCCNC(C)c1ccc(OCC(C)(O)CC)c(OC)c1. The lowest BCUT2D eigenvalue weighted by atomic mass is 10.1. The van der Waals surface area contributed by atoms with Gasteiger partial charge in [0.1, 0.15) is 6.61 Å². The number of ether oxygens (including phenoxy) is 2. The van der Waals surface area contributed by atoms with E-state index in [9.17, 15) is 5.11 Å². The van der Waals surface area contributed by atoms with Gasteiger partial charge in [-0.15, -0.1) is 0 Å². The fraction of sp³-hybridized carbons (Fsp3) is 0.647. The Morgan fingerprint density at radius 1 is 1.29 bits per heavy atom. The third-order valence-corrected chi connectivity index (χ3v) is 3.69. The number of hydrogen-bond acceptors (Lipinski definition) is 4. The van der Waals surface area contributed by atoms with Crippen LogP contribution in [0.15, 0.2) is 18.2 Å². The monoisotopic (exact) mass is 295 g/mol. The first-order valence-corrected chi connectivity index (χ1v) is 7.70. The second-order valence-electron chi connectivity index (χ2n) is 5.73. The summed E-state index contributed by atoms with van der Waals surface area (Å²) in [6.07, 6.45) is 1.75. The fourth-order valence-corrected chi connectivity index (χ4v) is 1.89. The molecule has 0 bridgehead atoms. The van der Waals surface area contributed by atoms with Gasteiger partial charge in [-0.25, -0.2) is 0 Å². The molecule has 0 fully saturated rings. The summed E-state index contributed by atoms with van der Waals surface area (Å²) in [6, 6.07) is 6.20. The Morgan fingerprint density at radius 3 is 2.57 bits per heavy atom. The highest BCUT2D eigenvalue weighted by atomic mass is 16.5. The summed E-state index contributed by atoms with van der Waals surface area (Å²) in [6.45, 7) is 9.23. The highest BCUT2D eigenvalue weighted by Crippen LogP contribution is 2.31. The van der Waals surface area contributed by atoms with Gasteiger partial charge in [0.25, 0.3) is 0 Å². The molecule has 0 heterocycles. The molecule has 4 heteroatoms. The van der Waals surface area contributed by atoms with Gasteiger partial charge in [-0.1, -0.05) is 19.9 Å². The molecule has 1 aromatic carbocycles. The molecule has 0 aliphatic carbocycles. The Balaban J connectivity index is 2.79. The van der Waals surface area contributed by atoms with E-state index in [-0.39, 0.29) is 12.6 Å². The average Bonchev–Trinajstić information content (AvgIpc) is 2.50. The zero-order chi connectivity index (χ0) is 15.9. The predicted octanol–water partition coefficient (Wildman–Crippen LogP) is 3.30. The van der Waals surface area contributed by atoms with Crippen LogP contribution in [0.4, 0.5) is 0 Å². The van der Waals surface area contributed by atoms with Crippen LogP contribution in [0.25, 0.3) is 0 Å². The maximum absolute atomic E-state index is 10.0. The van der Waals surface area contributed by atoms with Crippen LogP contribution < -0.4 is 14.8 Å². The Labute approximate surface area is 128 Å². The van der Waals surface area contributed by atoms with Gasteiger partial charge in [0.15, 0.2) is 11.5 Å². The quantitative estimate of drug-likeness (QED) is 0.734. The van der Waals surface area contributed by atoms with E-state index >= 15 is 0 Å². The highest BCUT2D eigenvalue weighted by molar-refractivity contribution is 5.43. The predicted molar refractivity (Wildman–Crippen MR) is 86.1 cm³/mol. The smallest absolute Gasteiger partial charge is 0.161 e. The van der Waals surface area contributed by atoms with Gasteiger partial charge in [-0.2, -0.15) is 0 Å². The summed E-state index contributed by atoms with van der Waals surface area (Å²) < 4.78 is 11.1. The zero-order valence-corrected chi connectivity index (χ0v) is 13.9. The van der Waals surface area contributed by atoms with Crippen LogP contribution in [0.2, 0.25) is 0 Å². The Kier molecular flexibility index (Phi) is 6.99. The van der Waals surface area contributed by atoms with Crippen molar-refractivity contribution in [2.75, 3.05) is 20.3 Å². The Bertz CT molecular complexity index is 432. The standard InChI is InChI=1S/C17H29NO3/c1-6-10-18-13(3)14-8-9-15(16(11-14)20-5)21-12-17(4,19)7-2/h8-9,11,13,18-19H,6-7,10,12H2,1-5H3. The molecule has 4 nitrogen and oxygen atoms in total. The van der Waals surface area contributed by atoms with Crippen molar-refractivity contribution in [1.82, 2.24) is 5.32 Å². The fourth-order valence-electron chi connectivity index (χ4n) is 1.89.